The summed E-state index contributed by atoms with van der Waals surface area (Å²) in [4.78, 5) is 0. The summed E-state index contributed by atoms with van der Waals surface area (Å²) >= 11 is 0. The van der Waals surface area contributed by atoms with Gasteiger partial charge < -0.3 is 0 Å². The van der Waals surface area contributed by atoms with Crippen LogP contribution >= 0.6 is 0 Å². The molecule has 0 saturated heterocycles. The molecule has 1 spiro atoms. The number of hydrogen-bond donors (Lipinski definition) is 0. The van der Waals surface area contributed by atoms with Crippen LogP contribution in [0.3, 0.4) is 0 Å². The van der Waals surface area contributed by atoms with Gasteiger partial charge in [-0.1, -0.05) is 57.7 Å². The molecule has 0 fully saturated rings. The van der Waals surface area contributed by atoms with E-state index in [1.807, 2.05) is 0 Å². The van der Waals surface area contributed by atoms with Crippen molar-refractivity contribution < 1.29 is 9.13 Å². The minimum absolute atomic E-state index is 0.650. The Morgan fingerprint density at radius 3 is 0.949 bits per heavy atom. The van der Waals surface area contributed by atoms with Gasteiger partial charge in [0.1, 0.15) is 0 Å². The van der Waals surface area contributed by atoms with Crippen LogP contribution < -0.4 is 9.13 Å². The van der Waals surface area contributed by atoms with Gasteiger partial charge >= 0.3 is 5.91 Å². The zero-order valence-electron chi connectivity index (χ0n) is 20.7. The number of para-hydroxylation sites is 4. The van der Waals surface area contributed by atoms with Crippen LogP contribution in [0, 0.1) is 0 Å². The first-order valence-corrected chi connectivity index (χ1v) is 13.6. The Bertz CT molecular complexity index is 2220. The van der Waals surface area contributed by atoms with Crippen molar-refractivity contribution in [1.82, 2.24) is 9.13 Å². The molecule has 0 aliphatic carbocycles. The largest absolute Gasteiger partial charge is 0.554 e. The molecule has 0 saturated carbocycles. The lowest BCUT2D eigenvalue weighted by atomic mass is 9.96. The zero-order valence-corrected chi connectivity index (χ0v) is 20.7. The molecule has 4 heteroatoms. The van der Waals surface area contributed by atoms with E-state index in [2.05, 4.69) is 127 Å². The fourth-order valence-electron chi connectivity index (χ4n) is 8.76. The molecule has 12 rings (SSSR count). The highest BCUT2D eigenvalue weighted by Gasteiger charge is 2.69. The number of benzene rings is 4. The molecule has 8 aromatic rings. The third-order valence-corrected chi connectivity index (χ3v) is 9.90. The molecule has 0 unspecified atom stereocenters. The zero-order chi connectivity index (χ0) is 24.8. The normalized spacial score (nSPS) is 15.4. The van der Waals surface area contributed by atoms with Gasteiger partial charge in [-0.15, -0.1) is 0 Å². The van der Waals surface area contributed by atoms with Crippen LogP contribution in [-0.2, 0) is 5.91 Å². The molecule has 4 aliphatic heterocycles. The highest BCUT2D eigenvalue weighted by atomic mass is 15.6. The van der Waals surface area contributed by atoms with Gasteiger partial charge in [0.05, 0.1) is 44.3 Å². The SMILES string of the molecule is c1cc2[n+]3c(c1)-c1cccc4c5cccc6c5n(c14)C31n3c4c-2cccc4c2cccc(c23)-c2cccc-6[n+]21. The van der Waals surface area contributed by atoms with Crippen LogP contribution in [0.25, 0.3) is 88.6 Å². The summed E-state index contributed by atoms with van der Waals surface area (Å²) in [5.41, 5.74) is 15.5. The van der Waals surface area contributed by atoms with E-state index in [1.165, 1.54) is 88.6 Å². The van der Waals surface area contributed by atoms with Gasteiger partial charge in [0.2, 0.25) is 22.8 Å². The predicted octanol–water partition coefficient (Wildman–Crippen LogP) is 6.61. The Hall–Kier alpha value is -5.22. The maximum absolute atomic E-state index is 2.68. The molecule has 0 bridgehead atoms. The number of rotatable bonds is 0. The number of nitrogens with zero attached hydrogens (tertiary/aromatic N) is 4. The average molecular weight is 495 g/mol. The van der Waals surface area contributed by atoms with Crippen molar-refractivity contribution in [3.63, 3.8) is 0 Å². The Labute approximate surface area is 221 Å². The summed E-state index contributed by atoms with van der Waals surface area (Å²) in [6.07, 6.45) is 0. The molecule has 4 aromatic heterocycles. The number of fused-ring (bicyclic) bond motifs is 6. The molecule has 4 nitrogen and oxygen atoms in total. The topological polar surface area (TPSA) is 17.6 Å². The van der Waals surface area contributed by atoms with E-state index in [4.69, 9.17) is 0 Å². The standard InChI is InChI=1S/C35H18N4/c1-7-19-20-8-2-12-24-29-17-6-18-30-26-14-4-10-22-21-9-3-13-25-28-16-5-15-27-23(11-1)31(19)38(32(20)24)35(36(27)28,37(29)30)39(33(21)25)34(22)26/h1-18H/q+2. The first-order valence-electron chi connectivity index (χ1n) is 13.6. The van der Waals surface area contributed by atoms with Crippen LogP contribution in [-0.4, -0.2) is 9.13 Å². The van der Waals surface area contributed by atoms with Crippen molar-refractivity contribution >= 4 is 43.6 Å². The molecule has 0 N–H and O–H groups in total. The minimum Gasteiger partial charge on any atom is -0.197 e. The first-order chi connectivity index (χ1) is 19.4. The van der Waals surface area contributed by atoms with Crippen molar-refractivity contribution in [3.05, 3.63) is 109 Å². The summed E-state index contributed by atoms with van der Waals surface area (Å²) in [7, 11) is 0. The van der Waals surface area contributed by atoms with E-state index in [0.29, 0.717) is 0 Å². The molecule has 0 radical (unpaired) electrons. The van der Waals surface area contributed by atoms with Gasteiger partial charge in [-0.3, -0.25) is 0 Å². The highest BCUT2D eigenvalue weighted by molar-refractivity contribution is 6.19. The predicted molar refractivity (Wildman–Crippen MR) is 152 cm³/mol. The van der Waals surface area contributed by atoms with E-state index in [1.54, 1.807) is 0 Å². The third kappa shape index (κ3) is 1.52. The van der Waals surface area contributed by atoms with Gasteiger partial charge in [-0.2, -0.15) is 9.13 Å². The van der Waals surface area contributed by atoms with Crippen LogP contribution in [0.2, 0.25) is 0 Å². The monoisotopic (exact) mass is 494 g/mol. The van der Waals surface area contributed by atoms with Crippen LogP contribution in [0.5, 0.6) is 0 Å². The maximum Gasteiger partial charge on any atom is 0.554 e. The Balaban J connectivity index is 1.56. The second-order valence-electron chi connectivity index (χ2n) is 11.3. The number of pyridine rings is 2. The molecule has 4 aromatic carbocycles. The smallest absolute Gasteiger partial charge is 0.197 e. The maximum atomic E-state index is 2.68. The summed E-state index contributed by atoms with van der Waals surface area (Å²) in [5, 5.41) is 5.29. The van der Waals surface area contributed by atoms with Crippen molar-refractivity contribution in [1.29, 1.82) is 0 Å². The summed E-state index contributed by atoms with van der Waals surface area (Å²) in [6.45, 7) is 0. The number of aromatic nitrogens is 4. The summed E-state index contributed by atoms with van der Waals surface area (Å²) in [6, 6.07) is 41.2. The van der Waals surface area contributed by atoms with Crippen molar-refractivity contribution in [2.45, 2.75) is 5.91 Å². The first kappa shape index (κ1) is 18.1. The van der Waals surface area contributed by atoms with Crippen LogP contribution in [0.1, 0.15) is 0 Å². The van der Waals surface area contributed by atoms with Crippen LogP contribution in [0.4, 0.5) is 0 Å². The average Bonchev–Trinajstić information content (AvgIpc) is 3.53. The highest BCUT2D eigenvalue weighted by Crippen LogP contribution is 2.54. The molecule has 0 atom stereocenters. The molecular formula is C35H18N4+2. The van der Waals surface area contributed by atoms with E-state index >= 15 is 0 Å². The van der Waals surface area contributed by atoms with E-state index in [9.17, 15) is 0 Å². The van der Waals surface area contributed by atoms with E-state index in [-0.39, 0.29) is 0 Å². The minimum atomic E-state index is -0.650. The lowest BCUT2D eigenvalue weighted by Crippen LogP contribution is -2.85. The Morgan fingerprint density at radius 2 is 0.641 bits per heavy atom. The molecule has 8 heterocycles. The fourth-order valence-corrected chi connectivity index (χ4v) is 8.76. The molecule has 176 valence electrons. The Kier molecular flexibility index (Phi) is 2.48. The second kappa shape index (κ2) is 5.33. The Morgan fingerprint density at radius 1 is 0.359 bits per heavy atom. The second-order valence-corrected chi connectivity index (χ2v) is 11.3. The third-order valence-electron chi connectivity index (χ3n) is 9.90. The van der Waals surface area contributed by atoms with Crippen molar-refractivity contribution in [2.75, 3.05) is 0 Å². The molecular weight excluding hydrogens is 476 g/mol. The molecule has 0 amide bonds. The van der Waals surface area contributed by atoms with Crippen molar-refractivity contribution in [2.24, 2.45) is 0 Å². The van der Waals surface area contributed by atoms with Crippen molar-refractivity contribution in [3.8, 4) is 45.0 Å². The van der Waals surface area contributed by atoms with Gasteiger partial charge in [-0.25, -0.2) is 0 Å². The summed E-state index contributed by atoms with van der Waals surface area (Å²) in [5.74, 6) is -0.650. The fraction of sp³-hybridized carbons (Fsp3) is 0.0286. The lowest BCUT2D eigenvalue weighted by molar-refractivity contribution is -0.992. The van der Waals surface area contributed by atoms with Gasteiger partial charge in [0.15, 0.2) is 0 Å². The van der Waals surface area contributed by atoms with Gasteiger partial charge in [0.25, 0.3) is 0 Å². The van der Waals surface area contributed by atoms with Gasteiger partial charge in [0, 0.05) is 45.8 Å². The lowest BCUT2D eigenvalue weighted by Gasteiger charge is -2.40. The van der Waals surface area contributed by atoms with E-state index in [0.717, 1.165) is 0 Å². The summed E-state index contributed by atoms with van der Waals surface area (Å²) < 4.78 is 10.6. The molecule has 4 aliphatic rings. The van der Waals surface area contributed by atoms with Crippen LogP contribution in [0.15, 0.2) is 109 Å². The van der Waals surface area contributed by atoms with E-state index < -0.39 is 5.91 Å². The molecule has 39 heavy (non-hydrogen) atoms. The van der Waals surface area contributed by atoms with Gasteiger partial charge in [-0.05, 0) is 36.4 Å². The number of hydrogen-bond acceptors (Lipinski definition) is 0. The quantitative estimate of drug-likeness (QED) is 0.211.